The Morgan fingerprint density at radius 2 is 1.82 bits per heavy atom. The second kappa shape index (κ2) is 6.17. The van der Waals surface area contributed by atoms with Crippen molar-refractivity contribution >= 4 is 0 Å². The van der Waals surface area contributed by atoms with Crippen LogP contribution in [0.1, 0.15) is 51.9 Å². The minimum Gasteiger partial charge on any atom is -0.389 e. The summed E-state index contributed by atoms with van der Waals surface area (Å²) in [6.07, 6.45) is 8.17. The van der Waals surface area contributed by atoms with Crippen LogP contribution >= 0.6 is 0 Å². The van der Waals surface area contributed by atoms with E-state index in [0.29, 0.717) is 6.61 Å². The zero-order valence-electron chi connectivity index (χ0n) is 11.2. The maximum absolute atomic E-state index is 10.5. The molecule has 1 unspecified atom stereocenters. The lowest BCUT2D eigenvalue weighted by atomic mass is 9.88. The number of rotatable bonds is 6. The standard InChI is InChI=1S/C14H27NO2/c1-2-11-17-12-13(16)14(7-3-4-8-14)15-9-5-6-10-15/h13,16H,2-12H2,1H3. The van der Waals surface area contributed by atoms with Gasteiger partial charge in [-0.1, -0.05) is 19.8 Å². The first kappa shape index (κ1) is 13.3. The third-order valence-corrected chi connectivity index (χ3v) is 4.45. The minimum atomic E-state index is -0.297. The predicted octanol–water partition coefficient (Wildman–Crippen LogP) is 2.18. The van der Waals surface area contributed by atoms with Gasteiger partial charge in [0.25, 0.3) is 0 Å². The molecular weight excluding hydrogens is 214 g/mol. The monoisotopic (exact) mass is 241 g/mol. The second-order valence-corrected chi connectivity index (χ2v) is 5.60. The van der Waals surface area contributed by atoms with Crippen molar-refractivity contribution in [3.05, 3.63) is 0 Å². The summed E-state index contributed by atoms with van der Waals surface area (Å²) in [5.74, 6) is 0. The second-order valence-electron chi connectivity index (χ2n) is 5.60. The van der Waals surface area contributed by atoms with Crippen molar-refractivity contribution in [3.8, 4) is 0 Å². The number of aliphatic hydroxyl groups excluding tert-OH is 1. The zero-order valence-corrected chi connectivity index (χ0v) is 11.2. The van der Waals surface area contributed by atoms with E-state index in [0.717, 1.165) is 25.9 Å². The minimum absolute atomic E-state index is 0.0459. The molecule has 0 amide bonds. The molecule has 100 valence electrons. The lowest BCUT2D eigenvalue weighted by Gasteiger charge is -2.42. The molecule has 1 heterocycles. The van der Waals surface area contributed by atoms with Gasteiger partial charge in [-0.25, -0.2) is 0 Å². The van der Waals surface area contributed by atoms with Gasteiger partial charge in [0, 0.05) is 12.1 Å². The number of ether oxygens (including phenoxy) is 1. The molecule has 17 heavy (non-hydrogen) atoms. The first-order chi connectivity index (χ1) is 8.29. The van der Waals surface area contributed by atoms with E-state index in [1.807, 2.05) is 0 Å². The Kier molecular flexibility index (Phi) is 4.83. The molecule has 1 aliphatic heterocycles. The van der Waals surface area contributed by atoms with Gasteiger partial charge in [-0.05, 0) is 45.2 Å². The van der Waals surface area contributed by atoms with Gasteiger partial charge in [-0.2, -0.15) is 0 Å². The summed E-state index contributed by atoms with van der Waals surface area (Å²) in [6, 6.07) is 0. The Balaban J connectivity index is 1.94. The fourth-order valence-electron chi connectivity index (χ4n) is 3.50. The Labute approximate surface area is 105 Å². The smallest absolute Gasteiger partial charge is 0.0956 e. The summed E-state index contributed by atoms with van der Waals surface area (Å²) in [5, 5.41) is 10.5. The van der Waals surface area contributed by atoms with Crippen molar-refractivity contribution in [2.75, 3.05) is 26.3 Å². The third kappa shape index (κ3) is 2.83. The SMILES string of the molecule is CCCOCC(O)C1(N2CCCC2)CCCC1. The Bertz CT molecular complexity index is 220. The third-order valence-electron chi connectivity index (χ3n) is 4.45. The fraction of sp³-hybridized carbons (Fsp3) is 1.00. The summed E-state index contributed by atoms with van der Waals surface area (Å²) in [6.45, 7) is 5.74. The van der Waals surface area contributed by atoms with E-state index in [4.69, 9.17) is 4.74 Å². The van der Waals surface area contributed by atoms with Gasteiger partial charge in [0.2, 0.25) is 0 Å². The lowest BCUT2D eigenvalue weighted by Crippen LogP contribution is -2.55. The van der Waals surface area contributed by atoms with Crippen LogP contribution in [0.25, 0.3) is 0 Å². The molecule has 0 bridgehead atoms. The average Bonchev–Trinajstić information content (AvgIpc) is 3.00. The molecule has 0 spiro atoms. The van der Waals surface area contributed by atoms with E-state index in [-0.39, 0.29) is 11.6 Å². The molecule has 0 aromatic rings. The van der Waals surface area contributed by atoms with Gasteiger partial charge >= 0.3 is 0 Å². The molecule has 0 aromatic carbocycles. The van der Waals surface area contributed by atoms with Gasteiger partial charge in [-0.3, -0.25) is 4.90 Å². The highest BCUT2D eigenvalue weighted by molar-refractivity contribution is 5.01. The molecule has 0 radical (unpaired) electrons. The molecule has 1 saturated carbocycles. The molecule has 3 nitrogen and oxygen atoms in total. The number of aliphatic hydroxyl groups is 1. The van der Waals surface area contributed by atoms with Crippen LogP contribution in [-0.2, 0) is 4.74 Å². The Hall–Kier alpha value is -0.120. The van der Waals surface area contributed by atoms with Crippen LogP contribution in [0, 0.1) is 0 Å². The van der Waals surface area contributed by atoms with Gasteiger partial charge < -0.3 is 9.84 Å². The number of hydrogen-bond acceptors (Lipinski definition) is 3. The highest BCUT2D eigenvalue weighted by atomic mass is 16.5. The topological polar surface area (TPSA) is 32.7 Å². The highest BCUT2D eigenvalue weighted by Gasteiger charge is 2.46. The molecule has 2 rings (SSSR count). The van der Waals surface area contributed by atoms with Crippen LogP contribution < -0.4 is 0 Å². The van der Waals surface area contributed by atoms with E-state index in [1.165, 1.54) is 38.8 Å². The molecule has 0 aromatic heterocycles. The maximum atomic E-state index is 10.5. The van der Waals surface area contributed by atoms with Crippen molar-refractivity contribution in [2.24, 2.45) is 0 Å². The molecule has 1 aliphatic carbocycles. The first-order valence-corrected chi connectivity index (χ1v) is 7.30. The van der Waals surface area contributed by atoms with E-state index in [1.54, 1.807) is 0 Å². The van der Waals surface area contributed by atoms with Crippen LogP contribution in [-0.4, -0.2) is 48.0 Å². The number of hydrogen-bond donors (Lipinski definition) is 1. The molecular formula is C14H27NO2. The zero-order chi connectivity index (χ0) is 12.1. The van der Waals surface area contributed by atoms with Gasteiger partial charge in [-0.15, -0.1) is 0 Å². The normalized spacial score (nSPS) is 26.5. The van der Waals surface area contributed by atoms with Crippen molar-refractivity contribution in [2.45, 2.75) is 63.5 Å². The average molecular weight is 241 g/mol. The fourth-order valence-corrected chi connectivity index (χ4v) is 3.50. The molecule has 1 saturated heterocycles. The molecule has 2 fully saturated rings. The largest absolute Gasteiger partial charge is 0.389 e. The van der Waals surface area contributed by atoms with Crippen molar-refractivity contribution in [1.29, 1.82) is 0 Å². The highest BCUT2D eigenvalue weighted by Crippen LogP contribution is 2.40. The van der Waals surface area contributed by atoms with Crippen LogP contribution in [0.5, 0.6) is 0 Å². The molecule has 2 aliphatic rings. The van der Waals surface area contributed by atoms with Crippen LogP contribution in [0.15, 0.2) is 0 Å². The van der Waals surface area contributed by atoms with Gasteiger partial charge in [0.15, 0.2) is 0 Å². The van der Waals surface area contributed by atoms with Crippen LogP contribution in [0.3, 0.4) is 0 Å². The summed E-state index contributed by atoms with van der Waals surface area (Å²) >= 11 is 0. The van der Waals surface area contributed by atoms with Crippen molar-refractivity contribution in [3.63, 3.8) is 0 Å². The van der Waals surface area contributed by atoms with E-state index in [2.05, 4.69) is 11.8 Å². The van der Waals surface area contributed by atoms with E-state index >= 15 is 0 Å². The van der Waals surface area contributed by atoms with Crippen LogP contribution in [0.4, 0.5) is 0 Å². The van der Waals surface area contributed by atoms with E-state index in [9.17, 15) is 5.11 Å². The van der Waals surface area contributed by atoms with E-state index < -0.39 is 0 Å². The van der Waals surface area contributed by atoms with Gasteiger partial charge in [0.1, 0.15) is 0 Å². The summed E-state index contributed by atoms with van der Waals surface area (Å²) in [4.78, 5) is 2.54. The molecule has 1 N–H and O–H groups in total. The Morgan fingerprint density at radius 3 is 2.41 bits per heavy atom. The van der Waals surface area contributed by atoms with Crippen LogP contribution in [0.2, 0.25) is 0 Å². The first-order valence-electron chi connectivity index (χ1n) is 7.30. The summed E-state index contributed by atoms with van der Waals surface area (Å²) in [7, 11) is 0. The number of nitrogens with zero attached hydrogens (tertiary/aromatic N) is 1. The predicted molar refractivity (Wildman–Crippen MR) is 69.1 cm³/mol. The molecule has 3 heteroatoms. The lowest BCUT2D eigenvalue weighted by molar-refractivity contribution is -0.0637. The van der Waals surface area contributed by atoms with Gasteiger partial charge in [0.05, 0.1) is 12.7 Å². The summed E-state index contributed by atoms with van der Waals surface area (Å²) < 4.78 is 5.56. The molecule has 1 atom stereocenters. The Morgan fingerprint density at radius 1 is 1.18 bits per heavy atom. The van der Waals surface area contributed by atoms with Crippen molar-refractivity contribution in [1.82, 2.24) is 4.90 Å². The number of likely N-dealkylation sites (tertiary alicyclic amines) is 1. The summed E-state index contributed by atoms with van der Waals surface area (Å²) in [5.41, 5.74) is 0.0459. The quantitative estimate of drug-likeness (QED) is 0.724. The maximum Gasteiger partial charge on any atom is 0.0956 e. The van der Waals surface area contributed by atoms with Crippen molar-refractivity contribution < 1.29 is 9.84 Å².